The molecule has 3 aromatic rings. The first-order chi connectivity index (χ1) is 16.9. The van der Waals surface area contributed by atoms with E-state index in [9.17, 15) is 13.9 Å². The average Bonchev–Trinajstić information content (AvgIpc) is 3.50. The van der Waals surface area contributed by atoms with Crippen molar-refractivity contribution in [3.63, 3.8) is 0 Å². The second kappa shape index (κ2) is 11.5. The molecule has 2 heterocycles. The number of benzene rings is 1. The monoisotopic (exact) mass is 508 g/mol. The van der Waals surface area contributed by atoms with Gasteiger partial charge in [0.15, 0.2) is 33.8 Å². The van der Waals surface area contributed by atoms with E-state index < -0.39 is 23.8 Å². The minimum Gasteiger partial charge on any atom is -0.394 e. The molecule has 0 amide bonds. The number of halogens is 2. The molecule has 12 heteroatoms. The van der Waals surface area contributed by atoms with Gasteiger partial charge < -0.3 is 20.3 Å². The second-order valence-electron chi connectivity index (χ2n) is 8.52. The van der Waals surface area contributed by atoms with E-state index in [1.54, 1.807) is 6.07 Å². The Morgan fingerprint density at radius 3 is 2.80 bits per heavy atom. The molecule has 2 aromatic heterocycles. The molecule has 0 bridgehead atoms. The number of ether oxygens (including phenoxy) is 1. The highest BCUT2D eigenvalue weighted by molar-refractivity contribution is 7.99. The molecular weight excluding hydrogens is 478 g/mol. The van der Waals surface area contributed by atoms with Crippen molar-refractivity contribution < 1.29 is 23.7 Å². The number of thioether (sulfide) groups is 1. The van der Waals surface area contributed by atoms with Gasteiger partial charge >= 0.3 is 0 Å². The molecule has 4 atom stereocenters. The standard InChI is InChI=1S/C23H30F2N6O3S/c1-3-9-35-23-27-21(26-17-11-14(17)13-5-6-15(24)16(25)10-13)20-22(28-23)31(30-29-20)12-18(33)19(4-2)34-8-7-32/h5-6,10,14,17-19,32-33H,3-4,7-9,11-12H2,1-2H3,(H,26,27,28)/t14?,17-,18+,19?/m1/s1. The topological polar surface area (TPSA) is 118 Å². The zero-order valence-electron chi connectivity index (χ0n) is 19.7. The Bertz CT molecular complexity index is 1150. The number of rotatable bonds is 13. The lowest BCUT2D eigenvalue weighted by atomic mass is 10.1. The van der Waals surface area contributed by atoms with Crippen LogP contribution < -0.4 is 5.32 Å². The molecule has 1 aromatic carbocycles. The number of anilines is 1. The summed E-state index contributed by atoms with van der Waals surface area (Å²) in [6.45, 7) is 4.11. The Balaban J connectivity index is 1.56. The Morgan fingerprint density at radius 1 is 1.26 bits per heavy atom. The van der Waals surface area contributed by atoms with E-state index in [0.29, 0.717) is 28.6 Å². The van der Waals surface area contributed by atoms with Gasteiger partial charge in [-0.1, -0.05) is 36.9 Å². The maximum atomic E-state index is 13.7. The van der Waals surface area contributed by atoms with E-state index in [2.05, 4.69) is 32.5 Å². The molecular formula is C23H30F2N6O3S. The van der Waals surface area contributed by atoms with Crippen LogP contribution in [0.1, 0.15) is 44.6 Å². The number of aliphatic hydroxyl groups is 2. The normalized spacial score (nSPS) is 19.1. The van der Waals surface area contributed by atoms with Crippen LogP contribution in [0.3, 0.4) is 0 Å². The molecule has 1 saturated carbocycles. The second-order valence-corrected chi connectivity index (χ2v) is 9.58. The van der Waals surface area contributed by atoms with E-state index in [1.165, 1.54) is 22.5 Å². The average molecular weight is 509 g/mol. The molecule has 1 fully saturated rings. The van der Waals surface area contributed by atoms with E-state index in [-0.39, 0.29) is 31.7 Å². The zero-order chi connectivity index (χ0) is 24.9. The highest BCUT2D eigenvalue weighted by Gasteiger charge is 2.39. The van der Waals surface area contributed by atoms with Gasteiger partial charge in [-0.05, 0) is 37.0 Å². The summed E-state index contributed by atoms with van der Waals surface area (Å²) in [4.78, 5) is 9.27. The quantitative estimate of drug-likeness (QED) is 0.236. The highest BCUT2D eigenvalue weighted by atomic mass is 32.2. The van der Waals surface area contributed by atoms with Gasteiger partial charge in [0.2, 0.25) is 0 Å². The summed E-state index contributed by atoms with van der Waals surface area (Å²) in [5.74, 6) is -0.325. The lowest BCUT2D eigenvalue weighted by Crippen LogP contribution is -2.33. The van der Waals surface area contributed by atoms with Crippen LogP contribution in [0, 0.1) is 11.6 Å². The summed E-state index contributed by atoms with van der Waals surface area (Å²) in [7, 11) is 0. The molecule has 35 heavy (non-hydrogen) atoms. The van der Waals surface area contributed by atoms with Crippen molar-refractivity contribution in [3.05, 3.63) is 35.4 Å². The first-order valence-electron chi connectivity index (χ1n) is 11.8. The maximum Gasteiger partial charge on any atom is 0.191 e. The van der Waals surface area contributed by atoms with Crippen LogP contribution in [-0.2, 0) is 11.3 Å². The summed E-state index contributed by atoms with van der Waals surface area (Å²) in [5, 5.41) is 32.1. The minimum absolute atomic E-state index is 0.00548. The van der Waals surface area contributed by atoms with Crippen molar-refractivity contribution in [3.8, 4) is 0 Å². The van der Waals surface area contributed by atoms with Gasteiger partial charge in [-0.3, -0.25) is 0 Å². The van der Waals surface area contributed by atoms with Crippen molar-refractivity contribution in [2.24, 2.45) is 0 Å². The highest BCUT2D eigenvalue weighted by Crippen LogP contribution is 2.43. The van der Waals surface area contributed by atoms with Crippen molar-refractivity contribution in [2.75, 3.05) is 24.3 Å². The maximum absolute atomic E-state index is 13.7. The molecule has 2 unspecified atom stereocenters. The molecule has 1 aliphatic rings. The fourth-order valence-corrected chi connectivity index (χ4v) is 4.65. The van der Waals surface area contributed by atoms with Gasteiger partial charge in [-0.25, -0.2) is 23.4 Å². The van der Waals surface area contributed by atoms with Crippen LogP contribution in [0.5, 0.6) is 0 Å². The van der Waals surface area contributed by atoms with E-state index >= 15 is 0 Å². The molecule has 0 spiro atoms. The third-order valence-electron chi connectivity index (χ3n) is 5.88. The van der Waals surface area contributed by atoms with E-state index in [0.717, 1.165) is 30.2 Å². The number of hydrogen-bond acceptors (Lipinski definition) is 9. The first-order valence-corrected chi connectivity index (χ1v) is 12.8. The van der Waals surface area contributed by atoms with Crippen molar-refractivity contribution in [1.82, 2.24) is 25.0 Å². The summed E-state index contributed by atoms with van der Waals surface area (Å²) >= 11 is 1.51. The third kappa shape index (κ3) is 6.05. The van der Waals surface area contributed by atoms with Gasteiger partial charge in [0.25, 0.3) is 0 Å². The lowest BCUT2D eigenvalue weighted by Gasteiger charge is -2.21. The number of nitrogens with zero attached hydrogens (tertiary/aromatic N) is 5. The summed E-state index contributed by atoms with van der Waals surface area (Å²) in [6, 6.07) is 3.98. The van der Waals surface area contributed by atoms with E-state index in [4.69, 9.17) is 9.84 Å². The van der Waals surface area contributed by atoms with Crippen LogP contribution in [0.15, 0.2) is 23.4 Å². The molecule has 0 aliphatic heterocycles. The third-order valence-corrected chi connectivity index (χ3v) is 6.93. The summed E-state index contributed by atoms with van der Waals surface area (Å²) in [6.07, 6.45) is 0.946. The number of aromatic nitrogens is 5. The molecule has 3 N–H and O–H groups in total. The van der Waals surface area contributed by atoms with Crippen LogP contribution in [0.2, 0.25) is 0 Å². The fraction of sp³-hybridized carbons (Fsp3) is 0.565. The summed E-state index contributed by atoms with van der Waals surface area (Å²) < 4.78 is 34.1. The van der Waals surface area contributed by atoms with Gasteiger partial charge in [0, 0.05) is 17.7 Å². The van der Waals surface area contributed by atoms with Crippen LogP contribution in [0.4, 0.5) is 14.6 Å². The van der Waals surface area contributed by atoms with Crippen molar-refractivity contribution >= 4 is 28.7 Å². The molecule has 0 radical (unpaired) electrons. The Hall–Kier alpha value is -2.41. The largest absolute Gasteiger partial charge is 0.394 e. The fourth-order valence-electron chi connectivity index (χ4n) is 3.96. The number of nitrogens with one attached hydrogen (secondary N) is 1. The lowest BCUT2D eigenvalue weighted by molar-refractivity contribution is -0.0552. The molecule has 1 aliphatic carbocycles. The van der Waals surface area contributed by atoms with Crippen LogP contribution in [0.25, 0.3) is 11.2 Å². The van der Waals surface area contributed by atoms with Gasteiger partial charge in [-0.15, -0.1) is 5.10 Å². The minimum atomic E-state index is -0.865. The first kappa shape index (κ1) is 25.7. The number of fused-ring (bicyclic) bond motifs is 1. The molecule has 190 valence electrons. The van der Waals surface area contributed by atoms with Crippen LogP contribution >= 0.6 is 11.8 Å². The van der Waals surface area contributed by atoms with Crippen molar-refractivity contribution in [1.29, 1.82) is 0 Å². The van der Waals surface area contributed by atoms with Crippen molar-refractivity contribution in [2.45, 2.75) is 69.0 Å². The Labute approximate surface area is 206 Å². The summed E-state index contributed by atoms with van der Waals surface area (Å²) in [5.41, 5.74) is 1.69. The van der Waals surface area contributed by atoms with Gasteiger partial charge in [-0.2, -0.15) is 0 Å². The predicted octanol–water partition coefficient (Wildman–Crippen LogP) is 3.12. The zero-order valence-corrected chi connectivity index (χ0v) is 20.5. The number of hydrogen-bond donors (Lipinski definition) is 3. The van der Waals surface area contributed by atoms with Crippen LogP contribution in [-0.4, -0.2) is 72.4 Å². The predicted molar refractivity (Wildman–Crippen MR) is 128 cm³/mol. The molecule has 4 rings (SSSR count). The Kier molecular flexibility index (Phi) is 8.47. The van der Waals surface area contributed by atoms with E-state index in [1.807, 2.05) is 6.92 Å². The smallest absolute Gasteiger partial charge is 0.191 e. The molecule has 0 saturated heterocycles. The van der Waals surface area contributed by atoms with Gasteiger partial charge in [0.1, 0.15) is 0 Å². The number of aliphatic hydroxyl groups excluding tert-OH is 2. The van der Waals surface area contributed by atoms with Gasteiger partial charge in [0.05, 0.1) is 32.0 Å². The SMILES string of the molecule is CCCSc1nc(N[C@@H]2CC2c2ccc(F)c(F)c2)c2nnn(C[C@H](O)C(CC)OCCO)c2n1. The molecule has 9 nitrogen and oxygen atoms in total. The Morgan fingerprint density at radius 2 is 2.09 bits per heavy atom.